The van der Waals surface area contributed by atoms with Crippen molar-refractivity contribution in [2.24, 2.45) is 11.8 Å². The molecule has 0 aliphatic heterocycles. The Morgan fingerprint density at radius 3 is 2.71 bits per heavy atom. The molecule has 0 heterocycles. The van der Waals surface area contributed by atoms with E-state index in [1.807, 2.05) is 13.1 Å². The van der Waals surface area contributed by atoms with E-state index in [0.717, 1.165) is 24.1 Å². The Bertz CT molecular complexity index is 447. The lowest BCUT2D eigenvalue weighted by Crippen LogP contribution is -2.20. The Morgan fingerprint density at radius 1 is 1.59 bits per heavy atom. The van der Waals surface area contributed by atoms with Gasteiger partial charge in [-0.25, -0.2) is 4.79 Å². The van der Waals surface area contributed by atoms with E-state index in [9.17, 15) is 4.79 Å². The summed E-state index contributed by atoms with van der Waals surface area (Å²) in [4.78, 5) is 13.0. The van der Waals surface area contributed by atoms with Crippen molar-refractivity contribution in [3.63, 3.8) is 0 Å². The van der Waals surface area contributed by atoms with Crippen LogP contribution in [0.5, 0.6) is 0 Å². The van der Waals surface area contributed by atoms with Gasteiger partial charge < -0.3 is 10.0 Å². The number of nitrogens with zero attached hydrogens (tertiary/aromatic N) is 1. The van der Waals surface area contributed by atoms with Gasteiger partial charge in [-0.2, -0.15) is 0 Å². The van der Waals surface area contributed by atoms with E-state index in [-0.39, 0.29) is 5.56 Å². The summed E-state index contributed by atoms with van der Waals surface area (Å²) in [6.45, 7) is 3.25. The molecule has 1 aliphatic carbocycles. The molecule has 92 valence electrons. The van der Waals surface area contributed by atoms with Crippen LogP contribution in [0.2, 0.25) is 5.02 Å². The molecule has 4 heteroatoms. The lowest BCUT2D eigenvalue weighted by Gasteiger charge is -2.19. The van der Waals surface area contributed by atoms with Gasteiger partial charge in [0.15, 0.2) is 0 Å². The van der Waals surface area contributed by atoms with Crippen LogP contribution in [-0.2, 0) is 0 Å². The normalized spacial score (nSPS) is 22.3. The molecule has 3 nitrogen and oxygen atoms in total. The number of anilines is 1. The summed E-state index contributed by atoms with van der Waals surface area (Å²) in [6, 6.07) is 5.09. The van der Waals surface area contributed by atoms with Crippen molar-refractivity contribution in [1.29, 1.82) is 0 Å². The second-order valence-electron chi connectivity index (χ2n) is 4.82. The van der Waals surface area contributed by atoms with Crippen molar-refractivity contribution < 1.29 is 9.90 Å². The summed E-state index contributed by atoms with van der Waals surface area (Å²) in [5.74, 6) is 0.587. The Morgan fingerprint density at radius 2 is 2.24 bits per heavy atom. The van der Waals surface area contributed by atoms with E-state index in [0.29, 0.717) is 5.02 Å². The molecule has 17 heavy (non-hydrogen) atoms. The summed E-state index contributed by atoms with van der Waals surface area (Å²) in [7, 11) is 2.01. The van der Waals surface area contributed by atoms with Gasteiger partial charge in [0, 0.05) is 19.3 Å². The van der Waals surface area contributed by atoms with E-state index >= 15 is 0 Å². The molecular formula is C13H16ClNO2. The molecular weight excluding hydrogens is 238 g/mol. The van der Waals surface area contributed by atoms with E-state index in [1.165, 1.54) is 6.42 Å². The number of hydrogen-bond donors (Lipinski definition) is 1. The van der Waals surface area contributed by atoms with Crippen LogP contribution in [0, 0.1) is 11.8 Å². The zero-order valence-corrected chi connectivity index (χ0v) is 10.7. The van der Waals surface area contributed by atoms with Crippen LogP contribution in [-0.4, -0.2) is 24.7 Å². The maximum atomic E-state index is 10.8. The van der Waals surface area contributed by atoms with Crippen molar-refractivity contribution in [1.82, 2.24) is 0 Å². The highest BCUT2D eigenvalue weighted by Gasteiger charge is 2.33. The number of carboxylic acid groups (broad SMARTS) is 1. The fourth-order valence-corrected chi connectivity index (χ4v) is 2.28. The average molecular weight is 254 g/mol. The zero-order chi connectivity index (χ0) is 12.6. The van der Waals surface area contributed by atoms with Crippen LogP contribution in [0.25, 0.3) is 0 Å². The van der Waals surface area contributed by atoms with Gasteiger partial charge in [-0.05, 0) is 36.5 Å². The van der Waals surface area contributed by atoms with Crippen LogP contribution in [0.3, 0.4) is 0 Å². The number of benzene rings is 1. The number of halogens is 1. The largest absolute Gasteiger partial charge is 0.478 e. The van der Waals surface area contributed by atoms with Crippen molar-refractivity contribution in [3.8, 4) is 0 Å². The van der Waals surface area contributed by atoms with Gasteiger partial charge in [-0.15, -0.1) is 0 Å². The Balaban J connectivity index is 2.10. The standard InChI is InChI=1S/C13H16ClNO2/c1-8-5-9(8)7-15(2)10-3-4-11(13(16)17)12(14)6-10/h3-4,6,8-9H,5,7H2,1-2H3,(H,16,17). The molecule has 1 N–H and O–H groups in total. The van der Waals surface area contributed by atoms with E-state index in [4.69, 9.17) is 16.7 Å². The van der Waals surface area contributed by atoms with E-state index < -0.39 is 5.97 Å². The summed E-state index contributed by atoms with van der Waals surface area (Å²) in [5, 5.41) is 9.18. The van der Waals surface area contributed by atoms with Crippen LogP contribution in [0.1, 0.15) is 23.7 Å². The Kier molecular flexibility index (Phi) is 3.29. The SMILES string of the molecule is CC1CC1CN(C)c1ccc(C(=O)O)c(Cl)c1. The van der Waals surface area contributed by atoms with Crippen molar-refractivity contribution in [2.75, 3.05) is 18.5 Å². The first-order chi connectivity index (χ1) is 7.99. The summed E-state index contributed by atoms with van der Waals surface area (Å²) in [5.41, 5.74) is 1.13. The molecule has 1 aliphatic rings. The second kappa shape index (κ2) is 4.57. The molecule has 0 radical (unpaired) electrons. The Hall–Kier alpha value is -1.22. The highest BCUT2D eigenvalue weighted by atomic mass is 35.5. The minimum absolute atomic E-state index is 0.156. The smallest absolute Gasteiger partial charge is 0.337 e. The van der Waals surface area contributed by atoms with Gasteiger partial charge in [0.05, 0.1) is 10.6 Å². The fourth-order valence-electron chi connectivity index (χ4n) is 2.03. The minimum atomic E-state index is -0.986. The third-order valence-electron chi connectivity index (χ3n) is 3.41. The first-order valence-corrected chi connectivity index (χ1v) is 6.11. The summed E-state index contributed by atoms with van der Waals surface area (Å²) >= 11 is 5.94. The van der Waals surface area contributed by atoms with Crippen LogP contribution < -0.4 is 4.90 Å². The molecule has 1 aromatic carbocycles. The molecule has 2 atom stereocenters. The van der Waals surface area contributed by atoms with Crippen LogP contribution >= 0.6 is 11.6 Å². The number of rotatable bonds is 4. The number of carboxylic acids is 1. The predicted molar refractivity (Wildman–Crippen MR) is 69.0 cm³/mol. The third kappa shape index (κ3) is 2.72. The van der Waals surface area contributed by atoms with Crippen molar-refractivity contribution >= 4 is 23.3 Å². The number of aromatic carboxylic acids is 1. The summed E-state index contributed by atoms with van der Waals surface area (Å²) < 4.78 is 0. The maximum absolute atomic E-state index is 10.8. The minimum Gasteiger partial charge on any atom is -0.478 e. The van der Waals surface area contributed by atoms with Crippen molar-refractivity contribution in [3.05, 3.63) is 28.8 Å². The zero-order valence-electron chi connectivity index (χ0n) is 9.98. The van der Waals surface area contributed by atoms with Crippen molar-refractivity contribution in [2.45, 2.75) is 13.3 Å². The molecule has 0 aromatic heterocycles. The van der Waals surface area contributed by atoms with E-state index in [1.54, 1.807) is 12.1 Å². The van der Waals surface area contributed by atoms with Gasteiger partial charge in [0.2, 0.25) is 0 Å². The molecule has 1 aromatic rings. The molecule has 0 spiro atoms. The fraction of sp³-hybridized carbons (Fsp3) is 0.462. The predicted octanol–water partition coefficient (Wildman–Crippen LogP) is 3.13. The monoisotopic (exact) mass is 253 g/mol. The van der Waals surface area contributed by atoms with Gasteiger partial charge in [0.1, 0.15) is 0 Å². The molecule has 2 unspecified atom stereocenters. The van der Waals surface area contributed by atoms with Crippen LogP contribution in [0.15, 0.2) is 18.2 Å². The highest BCUT2D eigenvalue weighted by molar-refractivity contribution is 6.33. The highest BCUT2D eigenvalue weighted by Crippen LogP contribution is 2.38. The average Bonchev–Trinajstić information content (AvgIpc) is 2.93. The first kappa shape index (κ1) is 12.2. The number of carbonyl (C=O) groups is 1. The maximum Gasteiger partial charge on any atom is 0.337 e. The molecule has 0 bridgehead atoms. The third-order valence-corrected chi connectivity index (χ3v) is 3.72. The van der Waals surface area contributed by atoms with E-state index in [2.05, 4.69) is 11.8 Å². The van der Waals surface area contributed by atoms with Crippen LogP contribution in [0.4, 0.5) is 5.69 Å². The Labute approximate surface area is 106 Å². The second-order valence-corrected chi connectivity index (χ2v) is 5.23. The summed E-state index contributed by atoms with van der Waals surface area (Å²) in [6.07, 6.45) is 1.28. The molecule has 0 amide bonds. The topological polar surface area (TPSA) is 40.5 Å². The molecule has 1 saturated carbocycles. The molecule has 2 rings (SSSR count). The quantitative estimate of drug-likeness (QED) is 0.896. The molecule has 0 saturated heterocycles. The van der Waals surface area contributed by atoms with Gasteiger partial charge in [0.25, 0.3) is 0 Å². The first-order valence-electron chi connectivity index (χ1n) is 5.73. The van der Waals surface area contributed by atoms with Gasteiger partial charge >= 0.3 is 5.97 Å². The molecule has 1 fully saturated rings. The van der Waals surface area contributed by atoms with Gasteiger partial charge in [-0.3, -0.25) is 0 Å². The number of hydrogen-bond acceptors (Lipinski definition) is 2. The lowest BCUT2D eigenvalue weighted by molar-refractivity contribution is 0.0697. The lowest BCUT2D eigenvalue weighted by atomic mass is 10.2. The van der Waals surface area contributed by atoms with Gasteiger partial charge in [-0.1, -0.05) is 18.5 Å².